The van der Waals surface area contributed by atoms with E-state index in [2.05, 4.69) is 42.0 Å². The van der Waals surface area contributed by atoms with Crippen LogP contribution in [0.5, 0.6) is 0 Å². The van der Waals surface area contributed by atoms with Crippen LogP contribution >= 0.6 is 0 Å². The highest BCUT2D eigenvalue weighted by Gasteiger charge is 2.08. The van der Waals surface area contributed by atoms with Crippen molar-refractivity contribution in [2.24, 2.45) is 5.73 Å². The molecule has 1 aromatic carbocycles. The van der Waals surface area contributed by atoms with Crippen LogP contribution in [-0.2, 0) is 0 Å². The number of benzene rings is 1. The van der Waals surface area contributed by atoms with Gasteiger partial charge in [-0.05, 0) is 25.5 Å². The van der Waals surface area contributed by atoms with Crippen molar-refractivity contribution >= 4 is 5.82 Å². The molecule has 0 fully saturated rings. The molecule has 0 radical (unpaired) electrons. The van der Waals surface area contributed by atoms with Crippen molar-refractivity contribution in [2.45, 2.75) is 13.8 Å². The lowest BCUT2D eigenvalue weighted by atomic mass is 10.1. The zero-order valence-electron chi connectivity index (χ0n) is 11.7. The number of aromatic nitrogens is 2. The fraction of sp³-hybridized carbons (Fsp3) is 0.333. The molecule has 100 valence electrons. The lowest BCUT2D eigenvalue weighted by Crippen LogP contribution is -2.25. The average molecular weight is 256 g/mol. The van der Waals surface area contributed by atoms with Crippen LogP contribution in [0, 0.1) is 13.8 Å². The van der Waals surface area contributed by atoms with E-state index in [1.807, 2.05) is 18.0 Å². The van der Waals surface area contributed by atoms with Crippen molar-refractivity contribution < 1.29 is 0 Å². The zero-order chi connectivity index (χ0) is 13.8. The van der Waals surface area contributed by atoms with Crippen LogP contribution in [0.15, 0.2) is 30.5 Å². The monoisotopic (exact) mass is 256 g/mol. The van der Waals surface area contributed by atoms with E-state index in [0.29, 0.717) is 6.54 Å². The van der Waals surface area contributed by atoms with Crippen molar-refractivity contribution in [3.8, 4) is 11.4 Å². The summed E-state index contributed by atoms with van der Waals surface area (Å²) >= 11 is 0. The van der Waals surface area contributed by atoms with Crippen LogP contribution in [0.4, 0.5) is 5.82 Å². The van der Waals surface area contributed by atoms with Gasteiger partial charge in [-0.2, -0.15) is 0 Å². The van der Waals surface area contributed by atoms with Crippen LogP contribution in [0.1, 0.15) is 11.1 Å². The standard InChI is InChI=1S/C15H20N4/c1-11-4-5-13(12(2)10-11)15-17-8-6-14(18-15)19(3)9-7-16/h4-6,8,10H,7,9,16H2,1-3H3. The first kappa shape index (κ1) is 13.5. The van der Waals surface area contributed by atoms with Gasteiger partial charge in [-0.1, -0.05) is 23.8 Å². The lowest BCUT2D eigenvalue weighted by molar-refractivity contribution is 0.865. The number of hydrogen-bond acceptors (Lipinski definition) is 4. The Hall–Kier alpha value is -1.94. The topological polar surface area (TPSA) is 55.0 Å². The van der Waals surface area contributed by atoms with E-state index >= 15 is 0 Å². The number of nitrogens with two attached hydrogens (primary N) is 1. The highest BCUT2D eigenvalue weighted by atomic mass is 15.2. The molecule has 0 aliphatic heterocycles. The molecule has 0 aliphatic carbocycles. The Morgan fingerprint density at radius 3 is 2.68 bits per heavy atom. The summed E-state index contributed by atoms with van der Waals surface area (Å²) in [6.07, 6.45) is 1.80. The summed E-state index contributed by atoms with van der Waals surface area (Å²) in [5.74, 6) is 1.66. The Morgan fingerprint density at radius 1 is 1.21 bits per heavy atom. The predicted octanol–water partition coefficient (Wildman–Crippen LogP) is 2.16. The largest absolute Gasteiger partial charge is 0.358 e. The summed E-state index contributed by atoms with van der Waals surface area (Å²) in [4.78, 5) is 11.0. The summed E-state index contributed by atoms with van der Waals surface area (Å²) in [5, 5.41) is 0. The molecular formula is C15H20N4. The highest BCUT2D eigenvalue weighted by molar-refractivity contribution is 5.62. The molecule has 1 heterocycles. The SMILES string of the molecule is Cc1ccc(-c2nccc(N(C)CCN)n2)c(C)c1. The van der Waals surface area contributed by atoms with Gasteiger partial charge in [0.2, 0.25) is 0 Å². The Bertz CT molecular complexity index is 566. The van der Waals surface area contributed by atoms with Gasteiger partial charge >= 0.3 is 0 Å². The average Bonchev–Trinajstić information content (AvgIpc) is 2.39. The third-order valence-electron chi connectivity index (χ3n) is 3.12. The molecular weight excluding hydrogens is 236 g/mol. The van der Waals surface area contributed by atoms with Crippen LogP contribution < -0.4 is 10.6 Å². The maximum atomic E-state index is 5.57. The molecule has 2 rings (SSSR count). The van der Waals surface area contributed by atoms with Gasteiger partial charge in [0.1, 0.15) is 5.82 Å². The number of anilines is 1. The third-order valence-corrected chi connectivity index (χ3v) is 3.12. The Labute approximate surface area is 114 Å². The molecule has 0 unspecified atom stereocenters. The molecule has 0 bridgehead atoms. The number of aryl methyl sites for hydroxylation is 2. The maximum absolute atomic E-state index is 5.57. The van der Waals surface area contributed by atoms with E-state index in [9.17, 15) is 0 Å². The van der Waals surface area contributed by atoms with Crippen LogP contribution in [0.2, 0.25) is 0 Å². The Balaban J connectivity index is 2.37. The Kier molecular flexibility index (Phi) is 4.12. The maximum Gasteiger partial charge on any atom is 0.161 e. The fourth-order valence-corrected chi connectivity index (χ4v) is 2.06. The van der Waals surface area contributed by atoms with E-state index in [1.54, 1.807) is 6.20 Å². The molecule has 1 aromatic heterocycles. The number of rotatable bonds is 4. The number of nitrogens with zero attached hydrogens (tertiary/aromatic N) is 3. The molecule has 0 saturated heterocycles. The lowest BCUT2D eigenvalue weighted by Gasteiger charge is -2.17. The first-order chi connectivity index (χ1) is 9.11. The first-order valence-electron chi connectivity index (χ1n) is 6.43. The molecule has 0 spiro atoms. The number of likely N-dealkylation sites (N-methyl/N-ethyl adjacent to an activating group) is 1. The molecule has 0 saturated carbocycles. The summed E-state index contributed by atoms with van der Waals surface area (Å²) in [5.41, 5.74) is 9.09. The third kappa shape index (κ3) is 3.09. The molecule has 2 N–H and O–H groups in total. The van der Waals surface area contributed by atoms with E-state index in [-0.39, 0.29) is 0 Å². The van der Waals surface area contributed by atoms with Gasteiger partial charge in [-0.25, -0.2) is 9.97 Å². The van der Waals surface area contributed by atoms with Gasteiger partial charge in [0.15, 0.2) is 5.82 Å². The quantitative estimate of drug-likeness (QED) is 0.910. The van der Waals surface area contributed by atoms with E-state index in [4.69, 9.17) is 5.73 Å². The normalized spacial score (nSPS) is 10.5. The van der Waals surface area contributed by atoms with Gasteiger partial charge in [-0.15, -0.1) is 0 Å². The van der Waals surface area contributed by atoms with Gasteiger partial charge in [0.25, 0.3) is 0 Å². The molecule has 4 heteroatoms. The van der Waals surface area contributed by atoms with Crippen molar-refractivity contribution in [2.75, 3.05) is 25.0 Å². The van der Waals surface area contributed by atoms with Crippen LogP contribution in [0.3, 0.4) is 0 Å². The minimum Gasteiger partial charge on any atom is -0.358 e. The second-order valence-corrected chi connectivity index (χ2v) is 4.77. The van der Waals surface area contributed by atoms with Crippen LogP contribution in [-0.4, -0.2) is 30.1 Å². The summed E-state index contributed by atoms with van der Waals surface area (Å²) in [7, 11) is 1.99. The molecule has 0 aliphatic rings. The molecule has 2 aromatic rings. The highest BCUT2D eigenvalue weighted by Crippen LogP contribution is 2.22. The number of hydrogen-bond donors (Lipinski definition) is 1. The molecule has 0 amide bonds. The molecule has 19 heavy (non-hydrogen) atoms. The minimum absolute atomic E-state index is 0.611. The van der Waals surface area contributed by atoms with Crippen molar-refractivity contribution in [1.29, 1.82) is 0 Å². The second-order valence-electron chi connectivity index (χ2n) is 4.77. The van der Waals surface area contributed by atoms with Gasteiger partial charge < -0.3 is 10.6 Å². The van der Waals surface area contributed by atoms with E-state index in [1.165, 1.54) is 11.1 Å². The van der Waals surface area contributed by atoms with Gasteiger partial charge in [0.05, 0.1) is 0 Å². The van der Waals surface area contributed by atoms with Crippen molar-refractivity contribution in [3.63, 3.8) is 0 Å². The Morgan fingerprint density at radius 2 is 2.00 bits per heavy atom. The zero-order valence-corrected chi connectivity index (χ0v) is 11.7. The van der Waals surface area contributed by atoms with Crippen molar-refractivity contribution in [1.82, 2.24) is 9.97 Å². The predicted molar refractivity (Wildman–Crippen MR) is 79.3 cm³/mol. The van der Waals surface area contributed by atoms with Gasteiger partial charge in [-0.3, -0.25) is 0 Å². The van der Waals surface area contributed by atoms with Gasteiger partial charge in [0, 0.05) is 31.9 Å². The molecule has 0 atom stereocenters. The van der Waals surface area contributed by atoms with E-state index < -0.39 is 0 Å². The minimum atomic E-state index is 0.611. The summed E-state index contributed by atoms with van der Waals surface area (Å²) in [6.45, 7) is 5.56. The van der Waals surface area contributed by atoms with Crippen LogP contribution in [0.25, 0.3) is 11.4 Å². The first-order valence-corrected chi connectivity index (χ1v) is 6.43. The smallest absolute Gasteiger partial charge is 0.161 e. The van der Waals surface area contributed by atoms with E-state index in [0.717, 1.165) is 23.8 Å². The molecule has 4 nitrogen and oxygen atoms in total. The summed E-state index contributed by atoms with van der Waals surface area (Å²) < 4.78 is 0. The summed E-state index contributed by atoms with van der Waals surface area (Å²) in [6, 6.07) is 8.21. The van der Waals surface area contributed by atoms with Crippen molar-refractivity contribution in [3.05, 3.63) is 41.6 Å². The fourth-order valence-electron chi connectivity index (χ4n) is 2.06. The second kappa shape index (κ2) is 5.80.